The van der Waals surface area contributed by atoms with Crippen molar-refractivity contribution in [2.45, 2.75) is 25.2 Å². The molecule has 1 saturated carbocycles. The van der Waals surface area contributed by atoms with E-state index < -0.39 is 0 Å². The molecule has 29 heavy (non-hydrogen) atoms. The number of ether oxygens (including phenoxy) is 2. The van der Waals surface area contributed by atoms with Crippen LogP contribution in [-0.4, -0.2) is 26.1 Å². The monoisotopic (exact) mass is 386 g/mol. The molecule has 7 nitrogen and oxygen atoms in total. The van der Waals surface area contributed by atoms with Crippen molar-refractivity contribution in [3.05, 3.63) is 70.4 Å². The minimum absolute atomic E-state index is 0.111. The fourth-order valence-electron chi connectivity index (χ4n) is 4.13. The van der Waals surface area contributed by atoms with Gasteiger partial charge in [-0.1, -0.05) is 6.07 Å². The molecule has 0 atom stereocenters. The summed E-state index contributed by atoms with van der Waals surface area (Å²) in [7, 11) is 0. The molecule has 0 bridgehead atoms. The van der Waals surface area contributed by atoms with Crippen molar-refractivity contribution in [3.8, 4) is 23.1 Å². The Morgan fingerprint density at radius 1 is 1.17 bits per heavy atom. The topological polar surface area (TPSA) is 82.0 Å². The second kappa shape index (κ2) is 5.70. The molecule has 0 unspecified atom stereocenters. The third-order valence-electron chi connectivity index (χ3n) is 5.83. The number of H-pyrrole nitrogens is 1. The largest absolute Gasteiger partial charge is 0.492 e. The summed E-state index contributed by atoms with van der Waals surface area (Å²) < 4.78 is 13.6. The molecule has 1 aliphatic carbocycles. The standard InChI is InChI=1S/C22H18N4O3/c1-13-4-6-16(18-19(13)28-12-22(18)8-9-22)29-17-7-5-14(11-24-17)26-20-15(25-21(26)27)3-2-10-23-20/h2-7,10-11H,8-9,12H2,1H3,(H,25,27). The summed E-state index contributed by atoms with van der Waals surface area (Å²) in [6.07, 6.45) is 5.53. The zero-order valence-corrected chi connectivity index (χ0v) is 15.8. The highest BCUT2D eigenvalue weighted by molar-refractivity contribution is 5.72. The van der Waals surface area contributed by atoms with Gasteiger partial charge in [0.25, 0.3) is 0 Å². The van der Waals surface area contributed by atoms with Gasteiger partial charge >= 0.3 is 5.69 Å². The molecule has 4 aromatic rings. The average molecular weight is 386 g/mol. The minimum atomic E-state index is -0.252. The van der Waals surface area contributed by atoms with Crippen molar-refractivity contribution in [3.63, 3.8) is 0 Å². The van der Waals surface area contributed by atoms with Gasteiger partial charge in [-0.05, 0) is 49.6 Å². The zero-order valence-electron chi connectivity index (χ0n) is 15.8. The molecule has 0 radical (unpaired) electrons. The SMILES string of the molecule is Cc1ccc(Oc2ccc(-n3c(=O)[nH]c4cccnc43)cn2)c2c1OCC21CC1. The highest BCUT2D eigenvalue weighted by Gasteiger charge is 2.53. The Hall–Kier alpha value is -3.61. The van der Waals surface area contributed by atoms with Crippen LogP contribution in [0.4, 0.5) is 0 Å². The van der Waals surface area contributed by atoms with Crippen molar-refractivity contribution in [1.29, 1.82) is 0 Å². The maximum absolute atomic E-state index is 12.3. The predicted octanol–water partition coefficient (Wildman–Crippen LogP) is 3.63. The first-order valence-electron chi connectivity index (χ1n) is 9.62. The van der Waals surface area contributed by atoms with Gasteiger partial charge in [0.1, 0.15) is 11.5 Å². The number of pyridine rings is 2. The van der Waals surface area contributed by atoms with E-state index in [2.05, 4.69) is 21.9 Å². The quantitative estimate of drug-likeness (QED) is 0.581. The van der Waals surface area contributed by atoms with Gasteiger partial charge in [-0.25, -0.2) is 19.3 Å². The van der Waals surface area contributed by atoms with Crippen molar-refractivity contribution in [2.75, 3.05) is 6.61 Å². The molecule has 1 aromatic carbocycles. The lowest BCUT2D eigenvalue weighted by Crippen LogP contribution is -2.15. The van der Waals surface area contributed by atoms with Crippen LogP contribution in [0, 0.1) is 6.92 Å². The minimum Gasteiger partial charge on any atom is -0.492 e. The summed E-state index contributed by atoms with van der Waals surface area (Å²) in [5.41, 5.74) is 4.03. The molecule has 0 amide bonds. The fraction of sp³-hybridized carbons (Fsp3) is 0.227. The van der Waals surface area contributed by atoms with Gasteiger partial charge in [0.05, 0.1) is 24.0 Å². The molecule has 3 aromatic heterocycles. The Kier molecular flexibility index (Phi) is 3.21. The first kappa shape index (κ1) is 16.4. The van der Waals surface area contributed by atoms with E-state index in [1.165, 1.54) is 10.1 Å². The smallest absolute Gasteiger partial charge is 0.332 e. The molecule has 1 aliphatic heterocycles. The second-order valence-corrected chi connectivity index (χ2v) is 7.75. The Morgan fingerprint density at radius 2 is 2.07 bits per heavy atom. The molecule has 0 saturated heterocycles. The summed E-state index contributed by atoms with van der Waals surface area (Å²) in [5.74, 6) is 2.23. The van der Waals surface area contributed by atoms with E-state index in [0.717, 1.165) is 36.5 Å². The van der Waals surface area contributed by atoms with Crippen LogP contribution in [0.15, 0.2) is 53.6 Å². The van der Waals surface area contributed by atoms with E-state index >= 15 is 0 Å². The average Bonchev–Trinajstić information content (AvgIpc) is 3.28. The molecule has 1 fully saturated rings. The Bertz CT molecular complexity index is 1320. The van der Waals surface area contributed by atoms with Crippen molar-refractivity contribution < 1.29 is 9.47 Å². The van der Waals surface area contributed by atoms with E-state index in [0.29, 0.717) is 22.7 Å². The molecule has 7 heteroatoms. The lowest BCUT2D eigenvalue weighted by atomic mass is 9.95. The number of benzene rings is 1. The molecular formula is C22H18N4O3. The molecule has 6 rings (SSSR count). The number of aromatic nitrogens is 4. The maximum atomic E-state index is 12.3. The van der Waals surface area contributed by atoms with Gasteiger partial charge < -0.3 is 14.5 Å². The van der Waals surface area contributed by atoms with Crippen LogP contribution in [0.5, 0.6) is 17.4 Å². The van der Waals surface area contributed by atoms with E-state index in [1.54, 1.807) is 24.5 Å². The Labute approximate surface area is 166 Å². The highest BCUT2D eigenvalue weighted by Crippen LogP contribution is 2.59. The van der Waals surface area contributed by atoms with Crippen molar-refractivity contribution in [2.24, 2.45) is 0 Å². The number of aryl methyl sites for hydroxylation is 1. The van der Waals surface area contributed by atoms with Gasteiger partial charge in [0.15, 0.2) is 5.65 Å². The van der Waals surface area contributed by atoms with Gasteiger partial charge in [0, 0.05) is 23.2 Å². The number of hydrogen-bond donors (Lipinski definition) is 1. The number of aromatic amines is 1. The Balaban J connectivity index is 1.36. The van der Waals surface area contributed by atoms with E-state index in [-0.39, 0.29) is 11.1 Å². The van der Waals surface area contributed by atoms with Crippen LogP contribution in [-0.2, 0) is 5.41 Å². The number of rotatable bonds is 3. The van der Waals surface area contributed by atoms with Crippen LogP contribution in [0.3, 0.4) is 0 Å². The zero-order chi connectivity index (χ0) is 19.6. The number of nitrogens with zero attached hydrogens (tertiary/aromatic N) is 3. The molecule has 144 valence electrons. The summed E-state index contributed by atoms with van der Waals surface area (Å²) in [6.45, 7) is 2.79. The summed E-state index contributed by atoms with van der Waals surface area (Å²) in [5, 5.41) is 0. The van der Waals surface area contributed by atoms with E-state index in [1.807, 2.05) is 24.3 Å². The number of imidazole rings is 1. The predicted molar refractivity (Wildman–Crippen MR) is 107 cm³/mol. The van der Waals surface area contributed by atoms with Gasteiger partial charge in [-0.2, -0.15) is 0 Å². The van der Waals surface area contributed by atoms with Crippen LogP contribution in [0.25, 0.3) is 16.9 Å². The van der Waals surface area contributed by atoms with Gasteiger partial charge in [-0.3, -0.25) is 0 Å². The lowest BCUT2D eigenvalue weighted by Gasteiger charge is -2.13. The van der Waals surface area contributed by atoms with E-state index in [9.17, 15) is 4.79 Å². The maximum Gasteiger partial charge on any atom is 0.332 e. The number of fused-ring (bicyclic) bond motifs is 3. The van der Waals surface area contributed by atoms with Crippen LogP contribution < -0.4 is 15.2 Å². The van der Waals surface area contributed by atoms with Crippen molar-refractivity contribution in [1.82, 2.24) is 19.5 Å². The van der Waals surface area contributed by atoms with Crippen LogP contribution >= 0.6 is 0 Å². The van der Waals surface area contributed by atoms with Crippen LogP contribution in [0.2, 0.25) is 0 Å². The fourth-order valence-corrected chi connectivity index (χ4v) is 4.13. The second-order valence-electron chi connectivity index (χ2n) is 7.75. The first-order chi connectivity index (χ1) is 14.1. The third-order valence-corrected chi connectivity index (χ3v) is 5.83. The third kappa shape index (κ3) is 2.40. The van der Waals surface area contributed by atoms with Gasteiger partial charge in [-0.15, -0.1) is 0 Å². The molecule has 4 heterocycles. The van der Waals surface area contributed by atoms with Crippen molar-refractivity contribution >= 4 is 11.2 Å². The van der Waals surface area contributed by atoms with Crippen LogP contribution in [0.1, 0.15) is 24.0 Å². The summed E-state index contributed by atoms with van der Waals surface area (Å²) in [4.78, 5) is 23.9. The Morgan fingerprint density at radius 3 is 2.86 bits per heavy atom. The number of hydrogen-bond acceptors (Lipinski definition) is 5. The lowest BCUT2D eigenvalue weighted by molar-refractivity contribution is 0.322. The van der Waals surface area contributed by atoms with E-state index in [4.69, 9.17) is 9.47 Å². The molecular weight excluding hydrogens is 368 g/mol. The number of nitrogens with one attached hydrogen (secondary N) is 1. The molecule has 1 spiro atoms. The normalized spacial score (nSPS) is 16.0. The first-order valence-corrected chi connectivity index (χ1v) is 9.62. The molecule has 2 aliphatic rings. The van der Waals surface area contributed by atoms with Gasteiger partial charge in [0.2, 0.25) is 5.88 Å². The summed E-state index contributed by atoms with van der Waals surface area (Å²) in [6, 6.07) is 11.2. The summed E-state index contributed by atoms with van der Waals surface area (Å²) >= 11 is 0. The molecule has 1 N–H and O–H groups in total. The highest BCUT2D eigenvalue weighted by atomic mass is 16.5.